The molecule has 2 aromatic rings. The fourth-order valence-electron chi connectivity index (χ4n) is 3.60. The molecule has 0 aromatic heterocycles. The number of carbonyl (C=O) groups is 2. The highest BCUT2D eigenvalue weighted by Crippen LogP contribution is 2.27. The van der Waals surface area contributed by atoms with Gasteiger partial charge in [-0.3, -0.25) is 9.59 Å². The molecular formula is C24H30Cl2N2O2. The standard InChI is InChI=1S/C24H30Cl2N2O2/c1-6-22(24(30)27-15(2)3)28(14-19-20(25)8-7-9-21(19)26)23(29)13-18-11-16(4)10-17(5)12-18/h7-12,15,22H,6,13-14H2,1-5H3,(H,27,30)/t22-/m1/s1. The van der Waals surface area contributed by atoms with Gasteiger partial charge in [0.05, 0.1) is 6.42 Å². The summed E-state index contributed by atoms with van der Waals surface area (Å²) in [5.41, 5.74) is 3.77. The highest BCUT2D eigenvalue weighted by Gasteiger charge is 2.30. The first-order valence-electron chi connectivity index (χ1n) is 10.2. The van der Waals surface area contributed by atoms with Crippen molar-refractivity contribution < 1.29 is 9.59 Å². The number of aryl methyl sites for hydroxylation is 2. The third-order valence-corrected chi connectivity index (χ3v) is 5.55. The second kappa shape index (κ2) is 10.8. The normalized spacial score (nSPS) is 12.0. The summed E-state index contributed by atoms with van der Waals surface area (Å²) in [5.74, 6) is -0.314. The van der Waals surface area contributed by atoms with E-state index in [2.05, 4.69) is 11.4 Å². The second-order valence-corrected chi connectivity index (χ2v) is 8.80. The van der Waals surface area contributed by atoms with Gasteiger partial charge in [0.1, 0.15) is 6.04 Å². The highest BCUT2D eigenvalue weighted by molar-refractivity contribution is 6.36. The summed E-state index contributed by atoms with van der Waals surface area (Å²) >= 11 is 12.7. The molecule has 0 radical (unpaired) electrons. The molecule has 0 saturated heterocycles. The zero-order chi connectivity index (χ0) is 22.4. The van der Waals surface area contributed by atoms with Crippen LogP contribution in [0, 0.1) is 13.8 Å². The Kier molecular flexibility index (Phi) is 8.75. The molecule has 0 heterocycles. The Hall–Kier alpha value is -2.04. The van der Waals surface area contributed by atoms with Crippen LogP contribution in [0.5, 0.6) is 0 Å². The molecule has 0 fully saturated rings. The first-order valence-corrected chi connectivity index (χ1v) is 11.0. The molecule has 1 N–H and O–H groups in total. The van der Waals surface area contributed by atoms with Crippen molar-refractivity contribution in [2.75, 3.05) is 0 Å². The largest absolute Gasteiger partial charge is 0.352 e. The van der Waals surface area contributed by atoms with Crippen LogP contribution in [0.4, 0.5) is 0 Å². The SMILES string of the molecule is CC[C@H](C(=O)NC(C)C)N(Cc1c(Cl)cccc1Cl)C(=O)Cc1cc(C)cc(C)c1. The lowest BCUT2D eigenvalue weighted by molar-refractivity contribution is -0.141. The molecule has 0 aliphatic rings. The molecule has 0 saturated carbocycles. The molecule has 2 amide bonds. The first-order chi connectivity index (χ1) is 14.1. The van der Waals surface area contributed by atoms with E-state index in [1.54, 1.807) is 23.1 Å². The van der Waals surface area contributed by atoms with Gasteiger partial charge < -0.3 is 10.2 Å². The molecule has 4 nitrogen and oxygen atoms in total. The van der Waals surface area contributed by atoms with E-state index < -0.39 is 6.04 Å². The Morgan fingerprint density at radius 1 is 1.03 bits per heavy atom. The molecule has 2 rings (SSSR count). The molecule has 162 valence electrons. The molecule has 1 atom stereocenters. The Morgan fingerprint density at radius 3 is 2.10 bits per heavy atom. The van der Waals surface area contributed by atoms with Gasteiger partial charge in [-0.2, -0.15) is 0 Å². The number of nitrogens with zero attached hydrogens (tertiary/aromatic N) is 1. The van der Waals surface area contributed by atoms with Gasteiger partial charge in [0.25, 0.3) is 0 Å². The monoisotopic (exact) mass is 448 g/mol. The van der Waals surface area contributed by atoms with Gasteiger partial charge in [0, 0.05) is 28.2 Å². The van der Waals surface area contributed by atoms with Crippen molar-refractivity contribution in [3.8, 4) is 0 Å². The summed E-state index contributed by atoms with van der Waals surface area (Å²) in [7, 11) is 0. The van der Waals surface area contributed by atoms with Gasteiger partial charge in [0.15, 0.2) is 0 Å². The summed E-state index contributed by atoms with van der Waals surface area (Å²) in [5, 5.41) is 3.88. The Bertz CT molecular complexity index is 872. The van der Waals surface area contributed by atoms with Crippen molar-refractivity contribution in [2.45, 2.75) is 66.1 Å². The predicted molar refractivity (Wildman–Crippen MR) is 124 cm³/mol. The average Bonchev–Trinajstić information content (AvgIpc) is 2.62. The first kappa shape index (κ1) is 24.2. The van der Waals surface area contributed by atoms with Crippen LogP contribution in [0.1, 0.15) is 49.4 Å². The van der Waals surface area contributed by atoms with Gasteiger partial charge in [0.2, 0.25) is 11.8 Å². The van der Waals surface area contributed by atoms with Crippen molar-refractivity contribution in [2.24, 2.45) is 0 Å². The number of carbonyl (C=O) groups excluding carboxylic acids is 2. The van der Waals surface area contributed by atoms with E-state index >= 15 is 0 Å². The van der Waals surface area contributed by atoms with E-state index in [1.165, 1.54) is 0 Å². The van der Waals surface area contributed by atoms with Crippen LogP contribution in [-0.4, -0.2) is 28.8 Å². The van der Waals surface area contributed by atoms with Crippen LogP contribution in [0.3, 0.4) is 0 Å². The number of rotatable bonds is 8. The van der Waals surface area contributed by atoms with Gasteiger partial charge in [-0.15, -0.1) is 0 Å². The van der Waals surface area contributed by atoms with Gasteiger partial charge in [-0.05, 0) is 51.8 Å². The van der Waals surface area contributed by atoms with Crippen LogP contribution in [0.2, 0.25) is 10.0 Å². The van der Waals surface area contributed by atoms with Crippen molar-refractivity contribution in [1.29, 1.82) is 0 Å². The van der Waals surface area contributed by atoms with E-state index in [-0.39, 0.29) is 30.8 Å². The number of benzene rings is 2. The minimum absolute atomic E-state index is 0.0215. The Morgan fingerprint density at radius 2 is 1.60 bits per heavy atom. The quantitative estimate of drug-likeness (QED) is 0.580. The number of amides is 2. The summed E-state index contributed by atoms with van der Waals surface area (Å²) in [6.07, 6.45) is 0.690. The smallest absolute Gasteiger partial charge is 0.243 e. The van der Waals surface area contributed by atoms with E-state index in [0.29, 0.717) is 22.0 Å². The van der Waals surface area contributed by atoms with Crippen LogP contribution in [0.25, 0.3) is 0 Å². The fraction of sp³-hybridized carbons (Fsp3) is 0.417. The van der Waals surface area contributed by atoms with Crippen LogP contribution < -0.4 is 5.32 Å². The minimum Gasteiger partial charge on any atom is -0.352 e. The Labute approximate surface area is 189 Å². The molecule has 0 aliphatic carbocycles. The van der Waals surface area contributed by atoms with Crippen LogP contribution in [0.15, 0.2) is 36.4 Å². The lowest BCUT2D eigenvalue weighted by Crippen LogP contribution is -2.50. The minimum atomic E-state index is -0.613. The maximum Gasteiger partial charge on any atom is 0.243 e. The van der Waals surface area contributed by atoms with Crippen LogP contribution in [-0.2, 0) is 22.6 Å². The fourth-order valence-corrected chi connectivity index (χ4v) is 4.12. The summed E-state index contributed by atoms with van der Waals surface area (Å²) < 4.78 is 0. The zero-order valence-corrected chi connectivity index (χ0v) is 19.8. The maximum absolute atomic E-state index is 13.4. The van der Waals surface area contributed by atoms with Crippen molar-refractivity contribution in [1.82, 2.24) is 10.2 Å². The second-order valence-electron chi connectivity index (χ2n) is 7.98. The van der Waals surface area contributed by atoms with Crippen LogP contribution >= 0.6 is 23.2 Å². The van der Waals surface area contributed by atoms with Gasteiger partial charge in [-0.1, -0.05) is 65.5 Å². The van der Waals surface area contributed by atoms with Crippen molar-refractivity contribution in [3.63, 3.8) is 0 Å². The third kappa shape index (κ3) is 6.48. The molecule has 6 heteroatoms. The molecule has 0 bridgehead atoms. The molecule has 30 heavy (non-hydrogen) atoms. The van der Waals surface area contributed by atoms with Gasteiger partial charge >= 0.3 is 0 Å². The van der Waals surface area contributed by atoms with E-state index in [9.17, 15) is 9.59 Å². The maximum atomic E-state index is 13.4. The number of halogens is 2. The van der Waals surface area contributed by atoms with E-state index in [0.717, 1.165) is 16.7 Å². The molecule has 2 aromatic carbocycles. The highest BCUT2D eigenvalue weighted by atomic mass is 35.5. The zero-order valence-electron chi connectivity index (χ0n) is 18.3. The lowest BCUT2D eigenvalue weighted by Gasteiger charge is -2.32. The molecular weight excluding hydrogens is 419 g/mol. The van der Waals surface area contributed by atoms with Crippen molar-refractivity contribution in [3.05, 3.63) is 68.7 Å². The summed E-state index contributed by atoms with van der Waals surface area (Å²) in [6, 6.07) is 10.7. The molecule has 0 spiro atoms. The van der Waals surface area contributed by atoms with Gasteiger partial charge in [-0.25, -0.2) is 0 Å². The Balaban J connectivity index is 2.40. The topological polar surface area (TPSA) is 49.4 Å². The third-order valence-electron chi connectivity index (χ3n) is 4.84. The number of hydrogen-bond acceptors (Lipinski definition) is 2. The number of nitrogens with one attached hydrogen (secondary N) is 1. The molecule has 0 aliphatic heterocycles. The van der Waals surface area contributed by atoms with Crippen molar-refractivity contribution >= 4 is 35.0 Å². The van der Waals surface area contributed by atoms with E-state index in [4.69, 9.17) is 23.2 Å². The summed E-state index contributed by atoms with van der Waals surface area (Å²) in [4.78, 5) is 27.9. The lowest BCUT2D eigenvalue weighted by atomic mass is 10.0. The molecule has 0 unspecified atom stereocenters. The predicted octanol–water partition coefficient (Wildman–Crippen LogP) is 5.48. The number of hydrogen-bond donors (Lipinski definition) is 1. The summed E-state index contributed by atoms with van der Waals surface area (Å²) in [6.45, 7) is 9.89. The average molecular weight is 449 g/mol. The van der Waals surface area contributed by atoms with E-state index in [1.807, 2.05) is 46.8 Å².